The number of anilines is 1. The highest BCUT2D eigenvalue weighted by Crippen LogP contribution is 2.60. The lowest BCUT2D eigenvalue weighted by Crippen LogP contribution is -2.57. The highest BCUT2D eigenvalue weighted by Gasteiger charge is 2.77. The number of allylic oxidation sites excluding steroid dienone is 1. The van der Waals surface area contributed by atoms with Crippen molar-refractivity contribution in [2.45, 2.75) is 87.6 Å². The molecule has 11 heteroatoms. The van der Waals surface area contributed by atoms with Crippen molar-refractivity contribution in [3.05, 3.63) is 90.5 Å². The van der Waals surface area contributed by atoms with Crippen LogP contribution in [0.3, 0.4) is 0 Å². The number of unbranched alkanes of at least 4 members (excludes halogenated alkanes) is 1. The van der Waals surface area contributed by atoms with Gasteiger partial charge in [-0.25, -0.2) is 0 Å². The lowest BCUT2D eigenvalue weighted by Gasteiger charge is -2.37. The molecule has 50 heavy (non-hydrogen) atoms. The smallest absolute Gasteiger partial charge is 0.313 e. The first-order chi connectivity index (χ1) is 24.0. The number of esters is 1. The molecule has 2 N–H and O–H groups in total. The second kappa shape index (κ2) is 16.0. The van der Waals surface area contributed by atoms with Crippen LogP contribution in [-0.4, -0.2) is 82.0 Å². The lowest BCUT2D eigenvalue weighted by atomic mass is 9.70. The van der Waals surface area contributed by atoms with Gasteiger partial charge in [0.25, 0.3) is 5.91 Å². The molecule has 268 valence electrons. The largest absolute Gasteiger partial charge is 0.455 e. The number of alkyl halides is 1. The first kappa shape index (κ1) is 37.5. The molecule has 3 fully saturated rings. The minimum absolute atomic E-state index is 0.0551. The van der Waals surface area contributed by atoms with Crippen molar-refractivity contribution in [1.29, 1.82) is 0 Å². The van der Waals surface area contributed by atoms with Crippen molar-refractivity contribution in [1.82, 2.24) is 10.2 Å². The number of carbonyl (C=O) groups is 4. The molecule has 0 radical (unpaired) electrons. The van der Waals surface area contributed by atoms with Gasteiger partial charge in [-0.1, -0.05) is 70.5 Å². The molecule has 3 heterocycles. The molecule has 3 aliphatic rings. The third kappa shape index (κ3) is 7.18. The Kier molecular flexibility index (Phi) is 12.0. The molecule has 0 saturated carbocycles. The van der Waals surface area contributed by atoms with Crippen molar-refractivity contribution < 1.29 is 33.8 Å². The maximum atomic E-state index is 14.9. The number of rotatable bonds is 16. The van der Waals surface area contributed by atoms with Gasteiger partial charge in [0.1, 0.15) is 17.7 Å². The zero-order valence-corrected chi connectivity index (χ0v) is 30.6. The summed E-state index contributed by atoms with van der Waals surface area (Å²) in [5.74, 6) is -3.44. The van der Waals surface area contributed by atoms with Crippen LogP contribution in [0, 0.1) is 25.7 Å². The first-order valence-corrected chi connectivity index (χ1v) is 18.3. The third-order valence-electron chi connectivity index (χ3n) is 10.1. The van der Waals surface area contributed by atoms with Crippen molar-refractivity contribution >= 4 is 45.3 Å². The van der Waals surface area contributed by atoms with Gasteiger partial charge in [-0.3, -0.25) is 19.2 Å². The van der Waals surface area contributed by atoms with E-state index in [1.165, 1.54) is 0 Å². The monoisotopic (exact) mass is 749 g/mol. The molecule has 3 amide bonds. The van der Waals surface area contributed by atoms with E-state index in [1.807, 2.05) is 62.4 Å². The van der Waals surface area contributed by atoms with Crippen molar-refractivity contribution in [2.75, 3.05) is 24.6 Å². The number of nitrogens with one attached hydrogen (secondary N) is 1. The zero-order valence-electron chi connectivity index (χ0n) is 29.1. The molecule has 2 aromatic rings. The van der Waals surface area contributed by atoms with Gasteiger partial charge in [-0.15, -0.1) is 13.2 Å². The Hall–Kier alpha value is -3.80. The van der Waals surface area contributed by atoms with E-state index in [0.717, 1.165) is 11.1 Å². The Labute approximate surface area is 303 Å². The number of aliphatic hydroxyl groups excluding tert-OH is 1. The van der Waals surface area contributed by atoms with Crippen LogP contribution in [0.1, 0.15) is 61.8 Å². The molecule has 2 aromatic carbocycles. The Balaban J connectivity index is 1.51. The molecule has 1 spiro atoms. The predicted octanol–water partition coefficient (Wildman–Crippen LogP) is 5.10. The lowest BCUT2D eigenvalue weighted by molar-refractivity contribution is -0.162. The summed E-state index contributed by atoms with van der Waals surface area (Å²) >= 11 is 3.74. The maximum absolute atomic E-state index is 14.9. The van der Waals surface area contributed by atoms with Gasteiger partial charge in [0.15, 0.2) is 0 Å². The number of nitrogens with zero attached hydrogens (tertiary/aromatic N) is 2. The summed E-state index contributed by atoms with van der Waals surface area (Å²) in [5.41, 5.74) is 1.99. The Bertz CT molecular complexity index is 1600. The number of aryl methyl sites for hydroxylation is 2. The highest BCUT2D eigenvalue weighted by molar-refractivity contribution is 9.09. The average Bonchev–Trinajstić information content (AvgIpc) is 3.69. The van der Waals surface area contributed by atoms with E-state index >= 15 is 0 Å². The van der Waals surface area contributed by atoms with E-state index in [2.05, 4.69) is 34.4 Å². The number of carbonyl (C=O) groups excluding carboxylic acids is 4. The van der Waals surface area contributed by atoms with Gasteiger partial charge in [-0.05, 0) is 69.2 Å². The summed E-state index contributed by atoms with van der Waals surface area (Å²) in [6.07, 6.45) is 3.78. The van der Waals surface area contributed by atoms with Crippen LogP contribution in [0.2, 0.25) is 0 Å². The Morgan fingerprint density at radius 3 is 2.58 bits per heavy atom. The standard InChI is InChI=1S/C39H48BrN3O7/c1-6-8-16-30(45)41-26(5)33(27-14-10-9-11-15-27)49-38(48)31-32-36(46)43(20-12-13-21-44)35(39(32)23-28(40)34(31)50-39)37(47)42(19-7-2)29-22-24(3)17-18-25(29)4/h6-7,9-11,14-15,17-18,22,26,28,31-35,44H,1-2,8,12-13,16,19-21,23H2,3-5H3,(H,41,45)/t26-,28?,31+,32-,33-,34+,35+,39-/m0/s1. The van der Waals surface area contributed by atoms with Crippen LogP contribution < -0.4 is 10.2 Å². The minimum atomic E-state index is -1.29. The van der Waals surface area contributed by atoms with E-state index in [1.54, 1.807) is 28.9 Å². The Morgan fingerprint density at radius 2 is 1.90 bits per heavy atom. The molecule has 3 aliphatic heterocycles. The number of likely N-dealkylation sites (tertiary alicyclic amines) is 1. The fourth-order valence-corrected chi connectivity index (χ4v) is 8.79. The summed E-state index contributed by atoms with van der Waals surface area (Å²) in [6.45, 7) is 13.6. The molecule has 10 nitrogen and oxygen atoms in total. The normalized spacial score (nSPS) is 26.2. The summed E-state index contributed by atoms with van der Waals surface area (Å²) in [6, 6.07) is 13.5. The number of amides is 3. The van der Waals surface area contributed by atoms with Crippen LogP contribution in [0.5, 0.6) is 0 Å². The third-order valence-corrected chi connectivity index (χ3v) is 11.0. The van der Waals surface area contributed by atoms with Crippen LogP contribution in [0.25, 0.3) is 0 Å². The summed E-state index contributed by atoms with van der Waals surface area (Å²) in [5, 5.41) is 12.5. The number of aliphatic hydroxyl groups is 1. The SMILES string of the molecule is C=CCCC(=O)N[C@@H](C)[C@H](OC(=O)[C@H]1[C@@H]2O[C@@]3(CC2Br)[C@@H]1C(=O)N(CCCCO)[C@@H]3C(=O)N(CC=C)c1cc(C)ccc1C)c1ccccc1. The molecule has 8 atom stereocenters. The van der Waals surface area contributed by atoms with Crippen LogP contribution in [-0.2, 0) is 28.7 Å². The second-order valence-electron chi connectivity index (χ2n) is 13.6. The summed E-state index contributed by atoms with van der Waals surface area (Å²) in [7, 11) is 0. The number of hydrogen-bond donors (Lipinski definition) is 2. The van der Waals surface area contributed by atoms with E-state index in [4.69, 9.17) is 9.47 Å². The molecule has 0 aromatic heterocycles. The van der Waals surface area contributed by atoms with Gasteiger partial charge in [0, 0.05) is 36.6 Å². The van der Waals surface area contributed by atoms with Gasteiger partial charge >= 0.3 is 5.97 Å². The van der Waals surface area contributed by atoms with Crippen LogP contribution >= 0.6 is 15.9 Å². The molecule has 1 unspecified atom stereocenters. The van der Waals surface area contributed by atoms with E-state index in [0.29, 0.717) is 36.9 Å². The molecular weight excluding hydrogens is 702 g/mol. The molecule has 5 rings (SSSR count). The fourth-order valence-electron chi connectivity index (χ4n) is 7.85. The molecule has 3 saturated heterocycles. The predicted molar refractivity (Wildman–Crippen MR) is 195 cm³/mol. The number of fused-ring (bicyclic) bond motifs is 1. The van der Waals surface area contributed by atoms with Gasteiger partial charge in [0.05, 0.1) is 24.0 Å². The Morgan fingerprint density at radius 1 is 1.16 bits per heavy atom. The van der Waals surface area contributed by atoms with Gasteiger partial charge < -0.3 is 29.7 Å². The summed E-state index contributed by atoms with van der Waals surface area (Å²) < 4.78 is 13.0. The van der Waals surface area contributed by atoms with Gasteiger partial charge in [-0.2, -0.15) is 0 Å². The quantitative estimate of drug-likeness (QED) is 0.106. The number of hydrogen-bond acceptors (Lipinski definition) is 7. The van der Waals surface area contributed by atoms with Crippen molar-refractivity contribution in [2.24, 2.45) is 11.8 Å². The second-order valence-corrected chi connectivity index (χ2v) is 14.8. The van der Waals surface area contributed by atoms with E-state index in [9.17, 15) is 24.3 Å². The maximum Gasteiger partial charge on any atom is 0.313 e. The van der Waals surface area contributed by atoms with Gasteiger partial charge in [0.2, 0.25) is 11.8 Å². The number of benzene rings is 2. The zero-order chi connectivity index (χ0) is 36.2. The number of ether oxygens (including phenoxy) is 2. The minimum Gasteiger partial charge on any atom is -0.455 e. The van der Waals surface area contributed by atoms with Crippen LogP contribution in [0.15, 0.2) is 73.8 Å². The molecule has 0 aliphatic carbocycles. The first-order valence-electron chi connectivity index (χ1n) is 17.4. The van der Waals surface area contributed by atoms with Crippen molar-refractivity contribution in [3.8, 4) is 0 Å². The van der Waals surface area contributed by atoms with Crippen molar-refractivity contribution in [3.63, 3.8) is 0 Å². The van der Waals surface area contributed by atoms with E-state index < -0.39 is 47.7 Å². The highest BCUT2D eigenvalue weighted by atomic mass is 79.9. The average molecular weight is 751 g/mol. The molecule has 2 bridgehead atoms. The van der Waals surface area contributed by atoms with E-state index in [-0.39, 0.29) is 48.7 Å². The summed E-state index contributed by atoms with van der Waals surface area (Å²) in [4.78, 5) is 59.5. The molecular formula is C39H48BrN3O7. The number of halogens is 1. The topological polar surface area (TPSA) is 125 Å². The van der Waals surface area contributed by atoms with Crippen LogP contribution in [0.4, 0.5) is 5.69 Å². The fraction of sp³-hybridized carbons (Fsp3) is 0.487.